The predicted molar refractivity (Wildman–Crippen MR) is 80.5 cm³/mol. The third-order valence-electron chi connectivity index (χ3n) is 3.75. The Morgan fingerprint density at radius 1 is 1.35 bits per heavy atom. The van der Waals surface area contributed by atoms with Gasteiger partial charge in [-0.15, -0.1) is 0 Å². The number of hydrogen-bond donors (Lipinski definition) is 1. The molecule has 0 spiro atoms. The fourth-order valence-electron chi connectivity index (χ4n) is 2.58. The highest BCUT2D eigenvalue weighted by Gasteiger charge is 2.27. The normalized spacial score (nSPS) is 17.9. The number of rotatable bonds is 5. The first-order valence-electron chi connectivity index (χ1n) is 6.80. The van der Waals surface area contributed by atoms with Crippen LogP contribution in [-0.2, 0) is 11.3 Å². The van der Waals surface area contributed by atoms with Crippen molar-refractivity contribution >= 4 is 21.6 Å². The predicted octanol–water partition coefficient (Wildman–Crippen LogP) is 3.54. The minimum atomic E-state index is -0.404. The second kappa shape index (κ2) is 6.65. The van der Waals surface area contributed by atoms with Crippen LogP contribution >= 0.6 is 15.9 Å². The molecule has 0 atom stereocenters. The molecule has 2 rings (SSSR count). The van der Waals surface area contributed by atoms with Gasteiger partial charge in [0.1, 0.15) is 4.47 Å². The minimum absolute atomic E-state index is 0.0613. The molecule has 0 aromatic heterocycles. The summed E-state index contributed by atoms with van der Waals surface area (Å²) in [5.74, 6) is 0. The molecule has 0 unspecified atom stereocenters. The topological polar surface area (TPSA) is 78.4 Å². The summed E-state index contributed by atoms with van der Waals surface area (Å²) in [5.41, 5.74) is 6.90. The van der Waals surface area contributed by atoms with Gasteiger partial charge in [0.05, 0.1) is 18.1 Å². The maximum absolute atomic E-state index is 10.9. The van der Waals surface area contributed by atoms with Crippen LogP contribution in [0.3, 0.4) is 0 Å². The molecule has 1 fully saturated rings. The molecular formula is C14H19BrN2O3. The van der Waals surface area contributed by atoms with Gasteiger partial charge in [0.2, 0.25) is 0 Å². The first kappa shape index (κ1) is 15.4. The van der Waals surface area contributed by atoms with E-state index in [0.29, 0.717) is 17.7 Å². The third-order valence-corrected chi connectivity index (χ3v) is 4.67. The first-order valence-corrected chi connectivity index (χ1v) is 7.59. The van der Waals surface area contributed by atoms with Crippen molar-refractivity contribution in [3.63, 3.8) is 0 Å². The van der Waals surface area contributed by atoms with Crippen molar-refractivity contribution in [3.8, 4) is 0 Å². The summed E-state index contributed by atoms with van der Waals surface area (Å²) in [6.45, 7) is 0.837. The molecule has 0 radical (unpaired) electrons. The fourth-order valence-corrected chi connectivity index (χ4v) is 3.11. The average molecular weight is 343 g/mol. The number of nitro benzene ring substituents is 1. The molecule has 1 aromatic carbocycles. The highest BCUT2D eigenvalue weighted by atomic mass is 79.9. The van der Waals surface area contributed by atoms with Crippen molar-refractivity contribution in [2.75, 3.05) is 6.61 Å². The van der Waals surface area contributed by atoms with E-state index in [-0.39, 0.29) is 11.2 Å². The number of nitro groups is 1. The van der Waals surface area contributed by atoms with Crippen LogP contribution in [0.2, 0.25) is 0 Å². The van der Waals surface area contributed by atoms with E-state index >= 15 is 0 Å². The molecule has 1 aliphatic rings. The number of benzene rings is 1. The Hall–Kier alpha value is -0.980. The lowest BCUT2D eigenvalue weighted by atomic mass is 9.83. The van der Waals surface area contributed by atoms with Crippen molar-refractivity contribution in [2.45, 2.75) is 44.2 Å². The molecule has 2 N–H and O–H groups in total. The van der Waals surface area contributed by atoms with Crippen molar-refractivity contribution < 1.29 is 9.66 Å². The second-order valence-corrected chi connectivity index (χ2v) is 6.22. The van der Waals surface area contributed by atoms with Crippen LogP contribution < -0.4 is 5.73 Å². The molecule has 20 heavy (non-hydrogen) atoms. The van der Waals surface area contributed by atoms with Crippen molar-refractivity contribution in [3.05, 3.63) is 38.3 Å². The summed E-state index contributed by atoms with van der Waals surface area (Å²) in [4.78, 5) is 10.5. The summed E-state index contributed by atoms with van der Waals surface area (Å²) in [6, 6.07) is 4.96. The lowest BCUT2D eigenvalue weighted by molar-refractivity contribution is -0.385. The smallest absolute Gasteiger partial charge is 0.283 e. The standard InChI is InChI=1S/C14H19BrN2O3/c15-13-11(5-4-6-12(13)17(18)19)9-20-10-14(16)7-2-1-3-8-14/h4-6H,1-3,7-10,16H2. The van der Waals surface area contributed by atoms with Gasteiger partial charge in [-0.3, -0.25) is 10.1 Å². The summed E-state index contributed by atoms with van der Waals surface area (Å²) < 4.78 is 6.19. The van der Waals surface area contributed by atoms with Gasteiger partial charge in [-0.2, -0.15) is 0 Å². The van der Waals surface area contributed by atoms with E-state index in [4.69, 9.17) is 10.5 Å². The van der Waals surface area contributed by atoms with Gasteiger partial charge >= 0.3 is 0 Å². The van der Waals surface area contributed by atoms with Gasteiger partial charge < -0.3 is 10.5 Å². The van der Waals surface area contributed by atoms with Crippen LogP contribution in [0.1, 0.15) is 37.7 Å². The SMILES string of the molecule is NC1(COCc2cccc([N+](=O)[O-])c2Br)CCCCC1. The summed E-state index contributed by atoms with van der Waals surface area (Å²) in [5, 5.41) is 10.9. The van der Waals surface area contributed by atoms with Crippen LogP contribution in [0.4, 0.5) is 5.69 Å². The van der Waals surface area contributed by atoms with E-state index in [2.05, 4.69) is 15.9 Å². The molecule has 1 aromatic rings. The Kier molecular flexibility index (Phi) is 5.12. The molecular weight excluding hydrogens is 324 g/mol. The molecule has 5 nitrogen and oxygen atoms in total. The Labute approximate surface area is 126 Å². The van der Waals surface area contributed by atoms with Crippen molar-refractivity contribution in [2.24, 2.45) is 5.73 Å². The van der Waals surface area contributed by atoms with Gasteiger partial charge in [0.25, 0.3) is 5.69 Å². The molecule has 0 amide bonds. The molecule has 1 aliphatic carbocycles. The largest absolute Gasteiger partial charge is 0.375 e. The molecule has 0 aliphatic heterocycles. The zero-order chi connectivity index (χ0) is 14.6. The van der Waals surface area contributed by atoms with Gasteiger partial charge in [0, 0.05) is 11.6 Å². The zero-order valence-corrected chi connectivity index (χ0v) is 12.9. The Morgan fingerprint density at radius 3 is 2.70 bits per heavy atom. The van der Waals surface area contributed by atoms with Gasteiger partial charge in [-0.1, -0.05) is 31.4 Å². The van der Waals surface area contributed by atoms with Gasteiger partial charge in [-0.05, 0) is 34.3 Å². The van der Waals surface area contributed by atoms with E-state index in [9.17, 15) is 10.1 Å². The van der Waals surface area contributed by atoms with E-state index in [1.54, 1.807) is 6.07 Å². The zero-order valence-electron chi connectivity index (χ0n) is 11.3. The van der Waals surface area contributed by atoms with Crippen LogP contribution in [0, 0.1) is 10.1 Å². The Bertz CT molecular complexity index is 487. The monoisotopic (exact) mass is 342 g/mol. The minimum Gasteiger partial charge on any atom is -0.375 e. The Balaban J connectivity index is 1.94. The molecule has 110 valence electrons. The lowest BCUT2D eigenvalue weighted by Gasteiger charge is -2.33. The molecule has 1 saturated carbocycles. The lowest BCUT2D eigenvalue weighted by Crippen LogP contribution is -2.46. The Morgan fingerprint density at radius 2 is 2.05 bits per heavy atom. The van der Waals surface area contributed by atoms with E-state index in [1.807, 2.05) is 6.07 Å². The molecule has 0 bridgehead atoms. The van der Waals surface area contributed by atoms with Crippen LogP contribution in [0.15, 0.2) is 22.7 Å². The van der Waals surface area contributed by atoms with Crippen LogP contribution in [-0.4, -0.2) is 17.1 Å². The number of halogens is 1. The quantitative estimate of drug-likeness (QED) is 0.655. The fraction of sp³-hybridized carbons (Fsp3) is 0.571. The summed E-state index contributed by atoms with van der Waals surface area (Å²) >= 11 is 3.27. The first-order chi connectivity index (χ1) is 9.52. The number of ether oxygens (including phenoxy) is 1. The highest BCUT2D eigenvalue weighted by Crippen LogP contribution is 2.30. The summed E-state index contributed by atoms with van der Waals surface area (Å²) in [6.07, 6.45) is 5.53. The average Bonchev–Trinajstić information content (AvgIpc) is 2.41. The molecule has 6 heteroatoms. The van der Waals surface area contributed by atoms with E-state index in [0.717, 1.165) is 31.2 Å². The van der Waals surface area contributed by atoms with Gasteiger partial charge in [-0.25, -0.2) is 0 Å². The third kappa shape index (κ3) is 3.77. The number of hydrogen-bond acceptors (Lipinski definition) is 4. The second-order valence-electron chi connectivity index (χ2n) is 5.42. The number of nitrogens with two attached hydrogens (primary N) is 1. The maximum atomic E-state index is 10.9. The molecule has 0 heterocycles. The van der Waals surface area contributed by atoms with Crippen molar-refractivity contribution in [1.29, 1.82) is 0 Å². The van der Waals surface area contributed by atoms with Crippen molar-refractivity contribution in [1.82, 2.24) is 0 Å². The summed E-state index contributed by atoms with van der Waals surface area (Å²) in [7, 11) is 0. The maximum Gasteiger partial charge on any atom is 0.283 e. The van der Waals surface area contributed by atoms with Gasteiger partial charge in [0.15, 0.2) is 0 Å². The van der Waals surface area contributed by atoms with Crippen LogP contribution in [0.25, 0.3) is 0 Å². The number of nitrogens with zero attached hydrogens (tertiary/aromatic N) is 1. The van der Waals surface area contributed by atoms with E-state index < -0.39 is 4.92 Å². The molecule has 0 saturated heterocycles. The highest BCUT2D eigenvalue weighted by molar-refractivity contribution is 9.10. The van der Waals surface area contributed by atoms with E-state index in [1.165, 1.54) is 12.5 Å². The van der Waals surface area contributed by atoms with Crippen LogP contribution in [0.5, 0.6) is 0 Å².